The van der Waals surface area contributed by atoms with Crippen LogP contribution in [0.25, 0.3) is 0 Å². The fraction of sp³-hybridized carbons (Fsp3) is 0.750. The lowest BCUT2D eigenvalue weighted by molar-refractivity contribution is -0.140. The van der Waals surface area contributed by atoms with E-state index in [2.05, 4.69) is 4.74 Å². The molecule has 0 amide bonds. The second kappa shape index (κ2) is 4.50. The summed E-state index contributed by atoms with van der Waals surface area (Å²) in [5.74, 6) is -0.839. The van der Waals surface area contributed by atoms with Crippen molar-refractivity contribution in [3.8, 4) is 0 Å². The van der Waals surface area contributed by atoms with Gasteiger partial charge in [0.05, 0.1) is 0 Å². The summed E-state index contributed by atoms with van der Waals surface area (Å²) >= 11 is 20.8. The minimum Gasteiger partial charge on any atom is -0.460 e. The SMILES string of the molecule is O=C(CCl)OCC(Cl)(Cl)Cl. The van der Waals surface area contributed by atoms with Gasteiger partial charge in [-0.25, -0.2) is 0 Å². The Bertz CT molecular complexity index is 119. The second-order valence-electron chi connectivity index (χ2n) is 1.41. The molecule has 60 valence electrons. The average Bonchev–Trinajstić information content (AvgIpc) is 1.81. The Balaban J connectivity index is 3.46. The maximum absolute atomic E-state index is 10.3. The molecule has 0 heterocycles. The topological polar surface area (TPSA) is 26.3 Å². The fourth-order valence-corrected chi connectivity index (χ4v) is 0.442. The smallest absolute Gasteiger partial charge is 0.321 e. The van der Waals surface area contributed by atoms with Crippen LogP contribution in [0.1, 0.15) is 0 Å². The van der Waals surface area contributed by atoms with E-state index in [0.29, 0.717) is 0 Å². The molecule has 0 radical (unpaired) electrons. The number of halogens is 4. The molecule has 0 bridgehead atoms. The molecule has 0 spiro atoms. The number of carbonyl (C=O) groups excluding carboxylic acids is 1. The summed E-state index contributed by atoms with van der Waals surface area (Å²) in [6, 6.07) is 0. The Morgan fingerprint density at radius 1 is 1.40 bits per heavy atom. The van der Waals surface area contributed by atoms with E-state index >= 15 is 0 Å². The largest absolute Gasteiger partial charge is 0.460 e. The first kappa shape index (κ1) is 10.6. The molecule has 0 aromatic heterocycles. The van der Waals surface area contributed by atoms with Crippen molar-refractivity contribution in [1.29, 1.82) is 0 Å². The third-order valence-electron chi connectivity index (χ3n) is 0.506. The molecule has 0 atom stereocenters. The molecule has 0 aromatic rings. The number of alkyl halides is 4. The van der Waals surface area contributed by atoms with Crippen LogP contribution in [0.5, 0.6) is 0 Å². The van der Waals surface area contributed by atoms with Gasteiger partial charge in [-0.2, -0.15) is 0 Å². The first-order chi connectivity index (χ1) is 4.45. The van der Waals surface area contributed by atoms with Gasteiger partial charge in [0, 0.05) is 0 Å². The molecule has 0 aromatic carbocycles. The van der Waals surface area contributed by atoms with Crippen molar-refractivity contribution in [3.63, 3.8) is 0 Å². The zero-order valence-electron chi connectivity index (χ0n) is 4.74. The van der Waals surface area contributed by atoms with E-state index in [1.807, 2.05) is 0 Å². The van der Waals surface area contributed by atoms with Crippen LogP contribution in [0.2, 0.25) is 0 Å². The molecule has 2 nitrogen and oxygen atoms in total. The lowest BCUT2D eigenvalue weighted by Crippen LogP contribution is -2.17. The van der Waals surface area contributed by atoms with E-state index < -0.39 is 9.76 Å². The van der Waals surface area contributed by atoms with Crippen LogP contribution in [-0.4, -0.2) is 22.2 Å². The summed E-state index contributed by atoms with van der Waals surface area (Å²) in [7, 11) is 0. The van der Waals surface area contributed by atoms with Crippen LogP contribution >= 0.6 is 46.4 Å². The van der Waals surface area contributed by atoms with Crippen LogP contribution in [0.4, 0.5) is 0 Å². The van der Waals surface area contributed by atoms with Gasteiger partial charge in [-0.3, -0.25) is 4.79 Å². The van der Waals surface area contributed by atoms with Crippen LogP contribution in [0.15, 0.2) is 0 Å². The highest BCUT2D eigenvalue weighted by Crippen LogP contribution is 2.25. The van der Waals surface area contributed by atoms with Crippen molar-refractivity contribution < 1.29 is 9.53 Å². The predicted molar refractivity (Wildman–Crippen MR) is 42.0 cm³/mol. The molecule has 0 unspecified atom stereocenters. The average molecular weight is 226 g/mol. The van der Waals surface area contributed by atoms with Crippen LogP contribution in [-0.2, 0) is 9.53 Å². The number of hydrogen-bond acceptors (Lipinski definition) is 2. The van der Waals surface area contributed by atoms with E-state index in [-0.39, 0.29) is 12.5 Å². The van der Waals surface area contributed by atoms with Crippen molar-refractivity contribution in [1.82, 2.24) is 0 Å². The molecule has 0 aliphatic rings. The van der Waals surface area contributed by atoms with Gasteiger partial charge in [0.25, 0.3) is 0 Å². The van der Waals surface area contributed by atoms with Crippen LogP contribution < -0.4 is 0 Å². The Morgan fingerprint density at radius 2 is 1.90 bits per heavy atom. The maximum Gasteiger partial charge on any atom is 0.321 e. The quantitative estimate of drug-likeness (QED) is 0.532. The molecule has 0 saturated heterocycles. The Morgan fingerprint density at radius 3 is 2.20 bits per heavy atom. The van der Waals surface area contributed by atoms with Gasteiger partial charge < -0.3 is 4.74 Å². The van der Waals surface area contributed by atoms with Crippen LogP contribution in [0, 0.1) is 0 Å². The summed E-state index contributed by atoms with van der Waals surface area (Å²) in [5, 5.41) is 0. The van der Waals surface area contributed by atoms with Gasteiger partial charge in [-0.05, 0) is 0 Å². The number of hydrogen-bond donors (Lipinski definition) is 0. The number of ether oxygens (including phenoxy) is 1. The summed E-state index contributed by atoms with van der Waals surface area (Å²) in [4.78, 5) is 10.3. The highest BCUT2D eigenvalue weighted by atomic mass is 35.6. The first-order valence-corrected chi connectivity index (χ1v) is 3.91. The molecule has 0 aliphatic carbocycles. The van der Waals surface area contributed by atoms with Crippen LogP contribution in [0.3, 0.4) is 0 Å². The van der Waals surface area contributed by atoms with Crippen molar-refractivity contribution in [2.75, 3.05) is 12.5 Å². The summed E-state index contributed by atoms with van der Waals surface area (Å²) in [6.07, 6.45) is 0. The van der Waals surface area contributed by atoms with Gasteiger partial charge in [0.15, 0.2) is 0 Å². The monoisotopic (exact) mass is 224 g/mol. The summed E-state index contributed by atoms with van der Waals surface area (Å²) in [6.45, 7) is -0.275. The van der Waals surface area contributed by atoms with Gasteiger partial charge in [0.2, 0.25) is 3.79 Å². The summed E-state index contributed by atoms with van der Waals surface area (Å²) < 4.78 is 2.84. The normalized spacial score (nSPS) is 11.2. The minimum absolute atomic E-state index is 0.235. The summed E-state index contributed by atoms with van der Waals surface area (Å²) in [5.41, 5.74) is 0. The Hall–Kier alpha value is 0.630. The van der Waals surface area contributed by atoms with Gasteiger partial charge in [0.1, 0.15) is 12.5 Å². The van der Waals surface area contributed by atoms with E-state index in [1.165, 1.54) is 0 Å². The second-order valence-corrected chi connectivity index (χ2v) is 4.19. The molecule has 0 N–H and O–H groups in total. The van der Waals surface area contributed by atoms with E-state index in [0.717, 1.165) is 0 Å². The Labute approximate surface area is 78.3 Å². The highest BCUT2D eigenvalue weighted by molar-refractivity contribution is 6.67. The van der Waals surface area contributed by atoms with Crippen molar-refractivity contribution >= 4 is 52.4 Å². The minimum atomic E-state index is -1.55. The van der Waals surface area contributed by atoms with E-state index in [1.54, 1.807) is 0 Å². The predicted octanol–water partition coefficient (Wildman–Crippen LogP) is 2.14. The van der Waals surface area contributed by atoms with E-state index in [4.69, 9.17) is 46.4 Å². The third-order valence-corrected chi connectivity index (χ3v) is 1.05. The molecule has 6 heteroatoms. The molecule has 10 heavy (non-hydrogen) atoms. The lowest BCUT2D eigenvalue weighted by atomic mass is 10.7. The highest BCUT2D eigenvalue weighted by Gasteiger charge is 2.21. The van der Waals surface area contributed by atoms with Crippen molar-refractivity contribution in [2.24, 2.45) is 0 Å². The number of esters is 1. The van der Waals surface area contributed by atoms with Gasteiger partial charge >= 0.3 is 5.97 Å². The standard InChI is InChI=1S/C4H4Cl4O2/c5-1-3(9)10-2-4(6,7)8/h1-2H2. The molecule has 0 saturated carbocycles. The molecular formula is C4H4Cl4O2. The van der Waals surface area contributed by atoms with Crippen molar-refractivity contribution in [3.05, 3.63) is 0 Å². The molecular weight excluding hydrogens is 222 g/mol. The van der Waals surface area contributed by atoms with Crippen molar-refractivity contribution in [2.45, 2.75) is 3.79 Å². The maximum atomic E-state index is 10.3. The van der Waals surface area contributed by atoms with Gasteiger partial charge in [-0.1, -0.05) is 34.8 Å². The Kier molecular flexibility index (Phi) is 4.78. The molecule has 0 aliphatic heterocycles. The third kappa shape index (κ3) is 6.75. The zero-order chi connectivity index (χ0) is 8.20. The number of carbonyl (C=O) groups is 1. The number of rotatable bonds is 2. The fourth-order valence-electron chi connectivity index (χ4n) is 0.201. The van der Waals surface area contributed by atoms with E-state index in [9.17, 15) is 4.79 Å². The zero-order valence-corrected chi connectivity index (χ0v) is 7.77. The van der Waals surface area contributed by atoms with Gasteiger partial charge in [-0.15, -0.1) is 11.6 Å². The lowest BCUT2D eigenvalue weighted by Gasteiger charge is -2.09. The molecule has 0 rings (SSSR count). The first-order valence-electron chi connectivity index (χ1n) is 2.24. The molecule has 0 fully saturated rings.